The third-order valence-electron chi connectivity index (χ3n) is 3.19. The number of nitrogens with one attached hydrogen (secondary N) is 2. The van der Waals surface area contributed by atoms with E-state index in [1.807, 2.05) is 26.8 Å². The van der Waals surface area contributed by atoms with E-state index in [-0.39, 0.29) is 17.7 Å². The average molecular weight is 296 g/mol. The van der Waals surface area contributed by atoms with Gasteiger partial charge in [0.2, 0.25) is 0 Å². The number of carbonyl (C=O) groups excluding carboxylic acids is 1. The molecular formula is C16H25FN2O2. The Hall–Kier alpha value is -1.62. The van der Waals surface area contributed by atoms with Crippen molar-refractivity contribution in [1.29, 1.82) is 0 Å². The molecule has 0 spiro atoms. The molecule has 0 radical (unpaired) electrons. The SMILES string of the molecule is CCCNC(=O)C(C)Oc1ccc(C(C)NCC)cc1F. The van der Waals surface area contributed by atoms with Crippen LogP contribution in [0.2, 0.25) is 0 Å². The predicted octanol–water partition coefficient (Wildman–Crippen LogP) is 2.79. The van der Waals surface area contributed by atoms with Crippen molar-refractivity contribution in [2.24, 2.45) is 0 Å². The summed E-state index contributed by atoms with van der Waals surface area (Å²) in [5.41, 5.74) is 0.852. The van der Waals surface area contributed by atoms with Crippen molar-refractivity contribution < 1.29 is 13.9 Å². The maximum absolute atomic E-state index is 14.0. The molecule has 0 aliphatic rings. The van der Waals surface area contributed by atoms with Gasteiger partial charge in [0.15, 0.2) is 17.7 Å². The lowest BCUT2D eigenvalue weighted by Crippen LogP contribution is -2.36. The normalized spacial score (nSPS) is 13.6. The van der Waals surface area contributed by atoms with E-state index in [2.05, 4.69) is 10.6 Å². The molecule has 5 heteroatoms. The first-order chi connectivity index (χ1) is 9.99. The van der Waals surface area contributed by atoms with Gasteiger partial charge >= 0.3 is 0 Å². The van der Waals surface area contributed by atoms with Gasteiger partial charge in [-0.25, -0.2) is 4.39 Å². The number of amides is 1. The number of ether oxygens (including phenoxy) is 1. The van der Waals surface area contributed by atoms with Crippen LogP contribution in [0, 0.1) is 5.82 Å². The number of hydrogen-bond acceptors (Lipinski definition) is 3. The van der Waals surface area contributed by atoms with Gasteiger partial charge in [-0.2, -0.15) is 0 Å². The largest absolute Gasteiger partial charge is 0.478 e. The lowest BCUT2D eigenvalue weighted by molar-refractivity contribution is -0.127. The molecule has 1 aromatic carbocycles. The molecule has 118 valence electrons. The second-order valence-corrected chi connectivity index (χ2v) is 5.02. The van der Waals surface area contributed by atoms with Crippen LogP contribution >= 0.6 is 0 Å². The molecule has 4 nitrogen and oxygen atoms in total. The number of hydrogen-bond donors (Lipinski definition) is 2. The van der Waals surface area contributed by atoms with Crippen molar-refractivity contribution in [2.45, 2.75) is 46.3 Å². The van der Waals surface area contributed by atoms with Gasteiger partial charge in [-0.05, 0) is 44.5 Å². The van der Waals surface area contributed by atoms with Gasteiger partial charge < -0.3 is 15.4 Å². The van der Waals surface area contributed by atoms with Gasteiger partial charge in [0, 0.05) is 12.6 Å². The molecule has 0 heterocycles. The Balaban J connectivity index is 2.70. The quantitative estimate of drug-likeness (QED) is 0.775. The molecule has 2 atom stereocenters. The van der Waals surface area contributed by atoms with Gasteiger partial charge in [-0.1, -0.05) is 19.9 Å². The molecule has 1 amide bonds. The minimum absolute atomic E-state index is 0.0730. The van der Waals surface area contributed by atoms with Crippen LogP contribution < -0.4 is 15.4 Å². The van der Waals surface area contributed by atoms with E-state index in [0.717, 1.165) is 18.5 Å². The molecule has 0 saturated carbocycles. The van der Waals surface area contributed by atoms with Crippen LogP contribution in [0.4, 0.5) is 4.39 Å². The fourth-order valence-corrected chi connectivity index (χ4v) is 1.94. The van der Waals surface area contributed by atoms with Crippen LogP contribution in [0.3, 0.4) is 0 Å². The van der Waals surface area contributed by atoms with Crippen LogP contribution in [0.5, 0.6) is 5.75 Å². The van der Waals surface area contributed by atoms with E-state index in [4.69, 9.17) is 4.74 Å². The zero-order valence-corrected chi connectivity index (χ0v) is 13.2. The van der Waals surface area contributed by atoms with Crippen molar-refractivity contribution in [3.05, 3.63) is 29.6 Å². The number of halogens is 1. The molecule has 0 fully saturated rings. The average Bonchev–Trinajstić information content (AvgIpc) is 2.46. The molecule has 0 bridgehead atoms. The van der Waals surface area contributed by atoms with Crippen LogP contribution in [0.15, 0.2) is 18.2 Å². The molecule has 1 aromatic rings. The maximum Gasteiger partial charge on any atom is 0.260 e. The van der Waals surface area contributed by atoms with Gasteiger partial charge in [0.25, 0.3) is 5.91 Å². The van der Waals surface area contributed by atoms with E-state index in [1.54, 1.807) is 13.0 Å². The molecular weight excluding hydrogens is 271 g/mol. The summed E-state index contributed by atoms with van der Waals surface area (Å²) in [4.78, 5) is 11.7. The number of rotatable bonds is 8. The Kier molecular flexibility index (Phi) is 7.15. The lowest BCUT2D eigenvalue weighted by Gasteiger charge is -2.17. The predicted molar refractivity (Wildman–Crippen MR) is 81.9 cm³/mol. The van der Waals surface area contributed by atoms with Gasteiger partial charge in [0.1, 0.15) is 0 Å². The zero-order valence-electron chi connectivity index (χ0n) is 13.2. The molecule has 2 N–H and O–H groups in total. The van der Waals surface area contributed by atoms with Crippen LogP contribution in [-0.2, 0) is 4.79 Å². The Morgan fingerprint density at radius 3 is 2.62 bits per heavy atom. The molecule has 0 saturated heterocycles. The molecule has 0 aliphatic carbocycles. The van der Waals surface area contributed by atoms with Crippen LogP contribution in [0.25, 0.3) is 0 Å². The first-order valence-corrected chi connectivity index (χ1v) is 7.46. The Morgan fingerprint density at radius 2 is 2.05 bits per heavy atom. The lowest BCUT2D eigenvalue weighted by atomic mass is 10.1. The van der Waals surface area contributed by atoms with Crippen molar-refractivity contribution >= 4 is 5.91 Å². The van der Waals surface area contributed by atoms with Crippen molar-refractivity contribution in [1.82, 2.24) is 10.6 Å². The van der Waals surface area contributed by atoms with Gasteiger partial charge in [0.05, 0.1) is 0 Å². The summed E-state index contributed by atoms with van der Waals surface area (Å²) in [6, 6.07) is 4.90. The van der Waals surface area contributed by atoms with Crippen LogP contribution in [-0.4, -0.2) is 25.1 Å². The van der Waals surface area contributed by atoms with E-state index >= 15 is 0 Å². The van der Waals surface area contributed by atoms with E-state index in [9.17, 15) is 9.18 Å². The van der Waals surface area contributed by atoms with E-state index in [1.165, 1.54) is 6.07 Å². The summed E-state index contributed by atoms with van der Waals surface area (Å²) in [7, 11) is 0. The van der Waals surface area contributed by atoms with Gasteiger partial charge in [-0.3, -0.25) is 4.79 Å². The Bertz CT molecular complexity index is 466. The highest BCUT2D eigenvalue weighted by molar-refractivity contribution is 5.80. The summed E-state index contributed by atoms with van der Waals surface area (Å²) in [6.45, 7) is 8.96. The van der Waals surface area contributed by atoms with Crippen molar-refractivity contribution in [3.63, 3.8) is 0 Å². The fraction of sp³-hybridized carbons (Fsp3) is 0.562. The first kappa shape index (κ1) is 17.4. The van der Waals surface area contributed by atoms with Crippen LogP contribution in [0.1, 0.15) is 45.7 Å². The third kappa shape index (κ3) is 5.34. The maximum atomic E-state index is 14.0. The molecule has 0 aliphatic heterocycles. The highest BCUT2D eigenvalue weighted by atomic mass is 19.1. The van der Waals surface area contributed by atoms with Gasteiger partial charge in [-0.15, -0.1) is 0 Å². The molecule has 0 aromatic heterocycles. The first-order valence-electron chi connectivity index (χ1n) is 7.46. The molecule has 2 unspecified atom stereocenters. The monoisotopic (exact) mass is 296 g/mol. The van der Waals surface area contributed by atoms with E-state index in [0.29, 0.717) is 6.54 Å². The topological polar surface area (TPSA) is 50.4 Å². The third-order valence-corrected chi connectivity index (χ3v) is 3.19. The standard InChI is InChI=1S/C16H25FN2O2/c1-5-9-19-16(20)12(4)21-15-8-7-13(10-14(15)17)11(3)18-6-2/h7-8,10-12,18H,5-6,9H2,1-4H3,(H,19,20). The number of carbonyl (C=O) groups is 1. The number of benzene rings is 1. The van der Waals surface area contributed by atoms with E-state index < -0.39 is 11.9 Å². The van der Waals surface area contributed by atoms with Crippen molar-refractivity contribution in [2.75, 3.05) is 13.1 Å². The fourth-order valence-electron chi connectivity index (χ4n) is 1.94. The molecule has 1 rings (SSSR count). The summed E-state index contributed by atoms with van der Waals surface area (Å²) in [5, 5.41) is 5.94. The highest BCUT2D eigenvalue weighted by Crippen LogP contribution is 2.23. The summed E-state index contributed by atoms with van der Waals surface area (Å²) < 4.78 is 19.4. The van der Waals surface area contributed by atoms with Crippen molar-refractivity contribution in [3.8, 4) is 5.75 Å². The summed E-state index contributed by atoms with van der Waals surface area (Å²) in [5.74, 6) is -0.588. The second kappa shape index (κ2) is 8.62. The smallest absolute Gasteiger partial charge is 0.260 e. The summed E-state index contributed by atoms with van der Waals surface area (Å²) in [6.07, 6.45) is 0.132. The minimum atomic E-state index is -0.719. The summed E-state index contributed by atoms with van der Waals surface area (Å²) >= 11 is 0. The Labute approximate surface area is 126 Å². The molecule has 21 heavy (non-hydrogen) atoms. The Morgan fingerprint density at radius 1 is 1.33 bits per heavy atom. The minimum Gasteiger partial charge on any atom is -0.478 e. The zero-order chi connectivity index (χ0) is 15.8. The highest BCUT2D eigenvalue weighted by Gasteiger charge is 2.16. The second-order valence-electron chi connectivity index (χ2n) is 5.02.